The van der Waals surface area contributed by atoms with E-state index in [1.807, 2.05) is 6.92 Å². The molecule has 1 saturated heterocycles. The average molecular weight is 333 g/mol. The molecular formula is C15H32N4O2S. The standard InChI is InChI=1S/C15H32N4O2S/c1-14(15-6-7-15)18(4)22(20,21)17(3)8-5-9-19-12-10-16(2)11-13-19/h14-15H,5-13H2,1-4H3/t14-/m0/s1. The zero-order valence-electron chi connectivity index (χ0n) is 14.5. The molecule has 0 aromatic carbocycles. The van der Waals surface area contributed by atoms with Gasteiger partial charge in [0.2, 0.25) is 0 Å². The monoisotopic (exact) mass is 332 g/mol. The molecule has 130 valence electrons. The highest BCUT2D eigenvalue weighted by Crippen LogP contribution is 2.35. The molecule has 2 fully saturated rings. The summed E-state index contributed by atoms with van der Waals surface area (Å²) in [7, 11) is 2.25. The van der Waals surface area contributed by atoms with Crippen LogP contribution in [0.5, 0.6) is 0 Å². The van der Waals surface area contributed by atoms with Crippen LogP contribution in [0.25, 0.3) is 0 Å². The molecule has 0 aromatic heterocycles. The van der Waals surface area contributed by atoms with E-state index >= 15 is 0 Å². The van der Waals surface area contributed by atoms with Gasteiger partial charge in [-0.15, -0.1) is 0 Å². The first-order chi connectivity index (χ1) is 10.3. The van der Waals surface area contributed by atoms with Crippen LogP contribution in [0, 0.1) is 5.92 Å². The lowest BCUT2D eigenvalue weighted by molar-refractivity contribution is 0.151. The summed E-state index contributed by atoms with van der Waals surface area (Å²) in [5.41, 5.74) is 0. The summed E-state index contributed by atoms with van der Waals surface area (Å²) in [6.07, 6.45) is 3.22. The van der Waals surface area contributed by atoms with Crippen molar-refractivity contribution in [2.75, 3.05) is 60.4 Å². The maximum absolute atomic E-state index is 12.6. The van der Waals surface area contributed by atoms with Gasteiger partial charge in [0, 0.05) is 52.9 Å². The van der Waals surface area contributed by atoms with Crippen molar-refractivity contribution in [1.29, 1.82) is 0 Å². The van der Waals surface area contributed by atoms with E-state index in [2.05, 4.69) is 16.8 Å². The summed E-state index contributed by atoms with van der Waals surface area (Å²) in [6, 6.07) is 0.116. The molecule has 2 rings (SSSR count). The van der Waals surface area contributed by atoms with Crippen LogP contribution >= 0.6 is 0 Å². The van der Waals surface area contributed by atoms with Crippen molar-refractivity contribution in [1.82, 2.24) is 18.4 Å². The fraction of sp³-hybridized carbons (Fsp3) is 1.00. The van der Waals surface area contributed by atoms with Crippen LogP contribution < -0.4 is 0 Å². The second-order valence-electron chi connectivity index (χ2n) is 6.92. The van der Waals surface area contributed by atoms with E-state index in [0.717, 1.165) is 52.0 Å². The topological polar surface area (TPSA) is 47.1 Å². The van der Waals surface area contributed by atoms with Gasteiger partial charge < -0.3 is 9.80 Å². The predicted molar refractivity (Wildman–Crippen MR) is 90.1 cm³/mol. The first-order valence-electron chi connectivity index (χ1n) is 8.42. The molecule has 0 amide bonds. The lowest BCUT2D eigenvalue weighted by Gasteiger charge is -2.33. The fourth-order valence-corrected chi connectivity index (χ4v) is 4.40. The Labute approximate surface area is 136 Å². The molecule has 1 atom stereocenters. The Morgan fingerprint density at radius 1 is 1.14 bits per heavy atom. The number of rotatable bonds is 8. The van der Waals surface area contributed by atoms with Gasteiger partial charge in [0.15, 0.2) is 0 Å². The second kappa shape index (κ2) is 7.57. The maximum Gasteiger partial charge on any atom is 0.281 e. The van der Waals surface area contributed by atoms with Crippen molar-refractivity contribution < 1.29 is 8.42 Å². The average Bonchev–Trinajstić information content (AvgIpc) is 3.32. The van der Waals surface area contributed by atoms with Crippen molar-refractivity contribution in [2.45, 2.75) is 32.2 Å². The normalized spacial score (nSPS) is 23.4. The molecule has 22 heavy (non-hydrogen) atoms. The summed E-state index contributed by atoms with van der Waals surface area (Å²) in [4.78, 5) is 4.76. The SMILES string of the molecule is C[C@@H](C1CC1)N(C)S(=O)(=O)N(C)CCCN1CCN(C)CC1. The molecular weight excluding hydrogens is 300 g/mol. The summed E-state index contributed by atoms with van der Waals surface area (Å²) < 4.78 is 28.2. The first-order valence-corrected chi connectivity index (χ1v) is 9.82. The first kappa shape index (κ1) is 18.1. The molecule has 0 aromatic rings. The molecule has 1 heterocycles. The van der Waals surface area contributed by atoms with Crippen molar-refractivity contribution in [2.24, 2.45) is 5.92 Å². The summed E-state index contributed by atoms with van der Waals surface area (Å²) in [6.45, 7) is 7.99. The number of nitrogens with zero attached hydrogens (tertiary/aromatic N) is 4. The molecule has 0 bridgehead atoms. The third-order valence-corrected chi connectivity index (χ3v) is 7.21. The lowest BCUT2D eigenvalue weighted by Crippen LogP contribution is -2.47. The van der Waals surface area contributed by atoms with Gasteiger partial charge in [0.1, 0.15) is 0 Å². The maximum atomic E-state index is 12.6. The van der Waals surface area contributed by atoms with Gasteiger partial charge in [-0.05, 0) is 45.7 Å². The van der Waals surface area contributed by atoms with Gasteiger partial charge in [-0.25, -0.2) is 0 Å². The molecule has 2 aliphatic rings. The van der Waals surface area contributed by atoms with Crippen LogP contribution in [0.4, 0.5) is 0 Å². The van der Waals surface area contributed by atoms with Crippen molar-refractivity contribution in [3.63, 3.8) is 0 Å². The number of piperazine rings is 1. The minimum absolute atomic E-state index is 0.116. The van der Waals surface area contributed by atoms with Gasteiger partial charge >= 0.3 is 0 Å². The Hall–Kier alpha value is -0.210. The number of hydrogen-bond donors (Lipinski definition) is 0. The Morgan fingerprint density at radius 2 is 1.73 bits per heavy atom. The highest BCUT2D eigenvalue weighted by molar-refractivity contribution is 7.86. The molecule has 0 radical (unpaired) electrons. The van der Waals surface area contributed by atoms with E-state index in [1.165, 1.54) is 4.31 Å². The van der Waals surface area contributed by atoms with Crippen molar-refractivity contribution in [3.8, 4) is 0 Å². The number of hydrogen-bond acceptors (Lipinski definition) is 4. The van der Waals surface area contributed by atoms with Crippen molar-refractivity contribution in [3.05, 3.63) is 0 Å². The summed E-state index contributed by atoms with van der Waals surface area (Å²) in [5.74, 6) is 0.554. The Bertz CT molecular complexity index is 444. The summed E-state index contributed by atoms with van der Waals surface area (Å²) in [5, 5.41) is 0. The fourth-order valence-electron chi connectivity index (χ4n) is 3.01. The molecule has 1 aliphatic heterocycles. The van der Waals surface area contributed by atoms with E-state index in [-0.39, 0.29) is 6.04 Å². The smallest absolute Gasteiger partial charge is 0.281 e. The van der Waals surface area contributed by atoms with E-state index in [1.54, 1.807) is 18.4 Å². The van der Waals surface area contributed by atoms with Crippen LogP contribution in [0.15, 0.2) is 0 Å². The minimum atomic E-state index is -3.32. The van der Waals surface area contributed by atoms with Crippen molar-refractivity contribution >= 4 is 10.2 Å². The molecule has 6 nitrogen and oxygen atoms in total. The predicted octanol–water partition coefficient (Wildman–Crippen LogP) is 0.531. The molecule has 1 aliphatic carbocycles. The van der Waals surface area contributed by atoms with Gasteiger partial charge in [-0.2, -0.15) is 17.0 Å². The van der Waals surface area contributed by atoms with E-state index in [9.17, 15) is 8.42 Å². The minimum Gasteiger partial charge on any atom is -0.304 e. The largest absolute Gasteiger partial charge is 0.304 e. The summed E-state index contributed by atoms with van der Waals surface area (Å²) >= 11 is 0. The van der Waals surface area contributed by atoms with Gasteiger partial charge in [-0.3, -0.25) is 0 Å². The Balaban J connectivity index is 1.74. The molecule has 7 heteroatoms. The van der Waals surface area contributed by atoms with Gasteiger partial charge in [0.05, 0.1) is 0 Å². The van der Waals surface area contributed by atoms with E-state index in [0.29, 0.717) is 12.5 Å². The molecule has 0 N–H and O–H groups in total. The van der Waals surface area contributed by atoms with Crippen LogP contribution in [-0.2, 0) is 10.2 Å². The van der Waals surface area contributed by atoms with Crippen LogP contribution in [0.1, 0.15) is 26.2 Å². The Morgan fingerprint density at radius 3 is 2.27 bits per heavy atom. The molecule has 1 saturated carbocycles. The van der Waals surface area contributed by atoms with Crippen LogP contribution in [-0.4, -0.2) is 93.3 Å². The van der Waals surface area contributed by atoms with E-state index in [4.69, 9.17) is 0 Å². The highest BCUT2D eigenvalue weighted by Gasteiger charge is 2.36. The zero-order chi connectivity index (χ0) is 16.3. The van der Waals surface area contributed by atoms with Gasteiger partial charge in [0.25, 0.3) is 10.2 Å². The second-order valence-corrected chi connectivity index (χ2v) is 9.02. The number of likely N-dealkylation sites (N-methyl/N-ethyl adjacent to an activating group) is 1. The Kier molecular flexibility index (Phi) is 6.24. The van der Waals surface area contributed by atoms with Gasteiger partial charge in [-0.1, -0.05) is 0 Å². The molecule has 0 unspecified atom stereocenters. The van der Waals surface area contributed by atoms with Crippen LogP contribution in [0.3, 0.4) is 0 Å². The highest BCUT2D eigenvalue weighted by atomic mass is 32.2. The quantitative estimate of drug-likeness (QED) is 0.651. The lowest BCUT2D eigenvalue weighted by atomic mass is 10.2. The molecule has 0 spiro atoms. The van der Waals surface area contributed by atoms with E-state index < -0.39 is 10.2 Å². The third kappa shape index (κ3) is 4.64. The van der Waals surface area contributed by atoms with Crippen LogP contribution in [0.2, 0.25) is 0 Å². The zero-order valence-corrected chi connectivity index (χ0v) is 15.3. The third-order valence-electron chi connectivity index (χ3n) is 5.18.